The average Bonchev–Trinajstić information content (AvgIpc) is 4.19. The highest BCUT2D eigenvalue weighted by atomic mass is 15.2. The first-order chi connectivity index (χ1) is 40.1. The summed E-state index contributed by atoms with van der Waals surface area (Å²) >= 11 is 0. The molecule has 1 spiro atoms. The lowest BCUT2D eigenvalue weighted by Crippen LogP contribution is -2.21. The number of nitrogens with zero attached hydrogens (tertiary/aromatic N) is 4. The Balaban J connectivity index is 0.795. The highest BCUT2D eigenvalue weighted by Crippen LogP contribution is 2.58. The second-order valence-electron chi connectivity index (χ2n) is 21.3. The Morgan fingerprint density at radius 3 is 0.753 bits per heavy atom. The van der Waals surface area contributed by atoms with E-state index in [9.17, 15) is 0 Å². The van der Waals surface area contributed by atoms with E-state index in [-0.39, 0.29) is 5.41 Å². The highest BCUT2D eigenvalue weighted by Gasteiger charge is 2.45. The van der Waals surface area contributed by atoms with Crippen LogP contribution in [0.1, 0.15) is 36.8 Å². The fraction of sp³-hybridized carbons (Fsp3) is 0.0649. The van der Waals surface area contributed by atoms with Gasteiger partial charge in [-0.3, -0.25) is 0 Å². The standard InChI is InChI=1S/C77H60N4/c1-6-20-61(21-7-1)78(62-22-8-2-9-23-62)66-40-32-57(33-41-66)59-36-44-68(45-37-59)80(65-28-14-5-15-29-65)70-48-50-71(51-49-70)81(72-52-53-74-73-30-16-17-31-75(73)77(76(74)56-72)54-18-19-55-77)69-46-38-60(39-47-69)58-34-42-67(43-35-58)79(63-24-10-3-11-25-63)64-26-12-4-13-27-64/h1-17,20-53,56H,18-19,54-55H2. The number of anilines is 12. The van der Waals surface area contributed by atoms with Gasteiger partial charge in [0.25, 0.3) is 0 Å². The van der Waals surface area contributed by atoms with E-state index in [0.717, 1.165) is 79.4 Å². The summed E-state index contributed by atoms with van der Waals surface area (Å²) in [4.78, 5) is 9.41. The summed E-state index contributed by atoms with van der Waals surface area (Å²) in [5, 5.41) is 0. The molecule has 0 unspecified atom stereocenters. The Morgan fingerprint density at radius 1 is 0.198 bits per heavy atom. The van der Waals surface area contributed by atoms with Crippen molar-refractivity contribution in [3.8, 4) is 33.4 Å². The van der Waals surface area contributed by atoms with Crippen LogP contribution in [-0.4, -0.2) is 0 Å². The lowest BCUT2D eigenvalue weighted by atomic mass is 9.76. The largest absolute Gasteiger partial charge is 0.311 e. The molecule has 0 saturated heterocycles. The van der Waals surface area contributed by atoms with Gasteiger partial charge in [0.15, 0.2) is 0 Å². The molecule has 2 aliphatic rings. The van der Waals surface area contributed by atoms with Gasteiger partial charge in [0.1, 0.15) is 0 Å². The van der Waals surface area contributed by atoms with Crippen molar-refractivity contribution in [3.05, 3.63) is 327 Å². The van der Waals surface area contributed by atoms with E-state index in [1.165, 1.54) is 59.1 Å². The summed E-state index contributed by atoms with van der Waals surface area (Å²) in [5.74, 6) is 0. The molecule has 4 heteroatoms. The fourth-order valence-corrected chi connectivity index (χ4v) is 12.7. The van der Waals surface area contributed by atoms with Crippen molar-refractivity contribution in [1.29, 1.82) is 0 Å². The summed E-state index contributed by atoms with van der Waals surface area (Å²) in [6.07, 6.45) is 4.86. The molecule has 0 aromatic heterocycles. The number of fused-ring (bicyclic) bond motifs is 5. The van der Waals surface area contributed by atoms with Crippen LogP contribution in [0.15, 0.2) is 315 Å². The molecule has 2 aliphatic carbocycles. The van der Waals surface area contributed by atoms with Crippen LogP contribution in [0.2, 0.25) is 0 Å². The zero-order valence-corrected chi connectivity index (χ0v) is 45.1. The second kappa shape index (κ2) is 21.6. The van der Waals surface area contributed by atoms with Crippen molar-refractivity contribution in [2.45, 2.75) is 31.1 Å². The molecular formula is C77H60N4. The Hall–Kier alpha value is -10.2. The molecule has 0 amide bonds. The molecule has 0 atom stereocenters. The third kappa shape index (κ3) is 9.41. The maximum atomic E-state index is 2.51. The normalized spacial score (nSPS) is 12.8. The molecule has 12 aromatic rings. The minimum absolute atomic E-state index is 0.0468. The Labute approximate surface area is 476 Å². The lowest BCUT2D eigenvalue weighted by molar-refractivity contribution is 0.550. The van der Waals surface area contributed by atoms with E-state index in [0.29, 0.717) is 0 Å². The van der Waals surface area contributed by atoms with E-state index in [1.54, 1.807) is 0 Å². The summed E-state index contributed by atoms with van der Waals surface area (Å²) in [6.45, 7) is 0. The molecule has 0 N–H and O–H groups in total. The Kier molecular flexibility index (Phi) is 13.1. The van der Waals surface area contributed by atoms with Crippen LogP contribution in [0.3, 0.4) is 0 Å². The minimum atomic E-state index is 0.0468. The molecule has 388 valence electrons. The second-order valence-corrected chi connectivity index (χ2v) is 21.3. The molecule has 0 aliphatic heterocycles. The van der Waals surface area contributed by atoms with Crippen LogP contribution in [-0.2, 0) is 5.41 Å². The van der Waals surface area contributed by atoms with Crippen LogP contribution < -0.4 is 19.6 Å². The average molecular weight is 1040 g/mol. The quantitative estimate of drug-likeness (QED) is 0.108. The van der Waals surface area contributed by atoms with Gasteiger partial charge in [0.05, 0.1) is 0 Å². The third-order valence-corrected chi connectivity index (χ3v) is 16.6. The van der Waals surface area contributed by atoms with E-state index >= 15 is 0 Å². The van der Waals surface area contributed by atoms with Gasteiger partial charge in [-0.1, -0.05) is 183 Å². The predicted molar refractivity (Wildman–Crippen MR) is 341 cm³/mol. The van der Waals surface area contributed by atoms with Crippen LogP contribution in [0.5, 0.6) is 0 Å². The summed E-state index contributed by atoms with van der Waals surface area (Å²) < 4.78 is 0. The first-order valence-corrected chi connectivity index (χ1v) is 28.4. The molecular weight excluding hydrogens is 981 g/mol. The zero-order chi connectivity index (χ0) is 54.0. The Bertz CT molecular complexity index is 3970. The molecule has 12 aromatic carbocycles. The molecule has 1 fully saturated rings. The SMILES string of the molecule is c1ccc(N(c2ccccc2)c2ccc(-c3ccc(N(c4ccccc4)c4ccc(N(c5ccc(-c6ccc(N(c7ccccc7)c7ccccc7)cc6)cc5)c5ccc6c(c5)C5(CCCC5)c5ccccc5-6)cc4)cc3)cc2)cc1. The van der Waals surface area contributed by atoms with E-state index in [4.69, 9.17) is 0 Å². The minimum Gasteiger partial charge on any atom is -0.311 e. The first-order valence-electron chi connectivity index (χ1n) is 28.4. The monoisotopic (exact) mass is 1040 g/mol. The van der Waals surface area contributed by atoms with E-state index in [1.807, 2.05) is 0 Å². The van der Waals surface area contributed by atoms with Gasteiger partial charge in [-0.25, -0.2) is 0 Å². The van der Waals surface area contributed by atoms with Crippen molar-refractivity contribution in [2.75, 3.05) is 19.6 Å². The van der Waals surface area contributed by atoms with Gasteiger partial charge in [-0.15, -0.1) is 0 Å². The number of hydrogen-bond donors (Lipinski definition) is 0. The maximum Gasteiger partial charge on any atom is 0.0465 e. The molecule has 0 heterocycles. The van der Waals surface area contributed by atoms with Gasteiger partial charge >= 0.3 is 0 Å². The van der Waals surface area contributed by atoms with Crippen molar-refractivity contribution >= 4 is 68.2 Å². The number of para-hydroxylation sites is 5. The van der Waals surface area contributed by atoms with E-state index in [2.05, 4.69) is 335 Å². The fourth-order valence-electron chi connectivity index (χ4n) is 12.7. The summed E-state index contributed by atoms with van der Waals surface area (Å²) in [7, 11) is 0. The van der Waals surface area contributed by atoms with Crippen LogP contribution in [0.4, 0.5) is 68.2 Å². The molecule has 1 saturated carbocycles. The van der Waals surface area contributed by atoms with Crippen LogP contribution >= 0.6 is 0 Å². The van der Waals surface area contributed by atoms with Gasteiger partial charge in [0, 0.05) is 73.7 Å². The molecule has 4 nitrogen and oxygen atoms in total. The molecule has 14 rings (SSSR count). The van der Waals surface area contributed by atoms with Gasteiger partial charge in [-0.05, 0) is 203 Å². The van der Waals surface area contributed by atoms with Crippen molar-refractivity contribution < 1.29 is 0 Å². The molecule has 81 heavy (non-hydrogen) atoms. The van der Waals surface area contributed by atoms with E-state index < -0.39 is 0 Å². The van der Waals surface area contributed by atoms with Crippen LogP contribution in [0, 0.1) is 0 Å². The topological polar surface area (TPSA) is 13.0 Å². The number of benzene rings is 12. The molecule has 0 radical (unpaired) electrons. The highest BCUT2D eigenvalue weighted by molar-refractivity contribution is 5.88. The van der Waals surface area contributed by atoms with Crippen molar-refractivity contribution in [2.24, 2.45) is 0 Å². The lowest BCUT2D eigenvalue weighted by Gasteiger charge is -2.31. The maximum absolute atomic E-state index is 2.51. The van der Waals surface area contributed by atoms with Gasteiger partial charge in [0.2, 0.25) is 0 Å². The van der Waals surface area contributed by atoms with Crippen molar-refractivity contribution in [1.82, 2.24) is 0 Å². The number of rotatable bonds is 14. The Morgan fingerprint density at radius 2 is 0.432 bits per heavy atom. The number of hydrogen-bond acceptors (Lipinski definition) is 4. The first kappa shape index (κ1) is 49.2. The van der Waals surface area contributed by atoms with Gasteiger partial charge < -0.3 is 19.6 Å². The molecule has 0 bridgehead atoms. The zero-order valence-electron chi connectivity index (χ0n) is 45.1. The smallest absolute Gasteiger partial charge is 0.0465 e. The summed E-state index contributed by atoms with van der Waals surface area (Å²) in [5.41, 5.74) is 23.8. The predicted octanol–water partition coefficient (Wildman–Crippen LogP) is 21.7. The third-order valence-electron chi connectivity index (χ3n) is 16.6. The van der Waals surface area contributed by atoms with Gasteiger partial charge in [-0.2, -0.15) is 0 Å². The summed E-state index contributed by atoms with van der Waals surface area (Å²) in [6, 6.07) is 115. The van der Waals surface area contributed by atoms with Crippen LogP contribution in [0.25, 0.3) is 33.4 Å². The van der Waals surface area contributed by atoms with Crippen molar-refractivity contribution in [3.63, 3.8) is 0 Å².